The Morgan fingerprint density at radius 1 is 1.03 bits per heavy atom. The molecule has 0 heterocycles. The molecule has 6 nitrogen and oxygen atoms in total. The van der Waals surface area contributed by atoms with Crippen molar-refractivity contribution in [1.29, 1.82) is 0 Å². The monoisotopic (exact) mass is 502 g/mol. The van der Waals surface area contributed by atoms with E-state index in [1.165, 1.54) is 0 Å². The number of carbonyl (C=O) groups is 3. The summed E-state index contributed by atoms with van der Waals surface area (Å²) in [7, 11) is 0. The molecule has 4 rings (SSSR count). The molecule has 3 aliphatic carbocycles. The first-order valence-electron chi connectivity index (χ1n) is 11.2. The van der Waals surface area contributed by atoms with E-state index in [-0.39, 0.29) is 29.6 Å². The molecule has 172 valence electrons. The van der Waals surface area contributed by atoms with E-state index >= 15 is 0 Å². The topological polar surface area (TPSA) is 112 Å². The summed E-state index contributed by atoms with van der Waals surface area (Å²) in [6.07, 6.45) is 6.83. The zero-order valence-electron chi connectivity index (χ0n) is 18.8. The fraction of sp³-hybridized carbons (Fsp3) is 0.560. The number of allylic oxidation sites excluding steroid dienone is 2. The Hall–Kier alpha value is -2.15. The molecule has 0 unspecified atom stereocenters. The largest absolute Gasteiger partial charge is 0.460 e. The maximum atomic E-state index is 13.4. The van der Waals surface area contributed by atoms with Crippen LogP contribution in [0.3, 0.4) is 0 Å². The SMILES string of the molecule is CC(C)(C)OC(=O)CCC[C@@]1(C(N)=O)[C@@H]2C=C[C@@H](C23CC3)[C@@]1(C(N)=O)c1ccc(Br)cc1. The highest BCUT2D eigenvalue weighted by Crippen LogP contribution is 2.80. The zero-order valence-corrected chi connectivity index (χ0v) is 20.4. The van der Waals surface area contributed by atoms with Crippen molar-refractivity contribution in [2.75, 3.05) is 0 Å². The summed E-state index contributed by atoms with van der Waals surface area (Å²) in [5.41, 5.74) is 9.88. The fourth-order valence-electron chi connectivity index (χ4n) is 6.71. The number of primary amides is 2. The Kier molecular flexibility index (Phi) is 5.35. The minimum absolute atomic E-state index is 0.148. The van der Waals surface area contributed by atoms with Crippen LogP contribution in [0.15, 0.2) is 40.9 Å². The Morgan fingerprint density at radius 2 is 1.62 bits per heavy atom. The van der Waals surface area contributed by atoms with E-state index in [1.807, 2.05) is 45.0 Å². The molecule has 0 radical (unpaired) electrons. The Balaban J connectivity index is 1.79. The molecule has 1 spiro atoms. The highest BCUT2D eigenvalue weighted by Gasteiger charge is 2.82. The molecule has 2 saturated carbocycles. The molecular formula is C25H31BrN2O4. The Labute approximate surface area is 197 Å². The number of ether oxygens (including phenoxy) is 1. The lowest BCUT2D eigenvalue weighted by molar-refractivity contribution is -0.155. The van der Waals surface area contributed by atoms with E-state index in [1.54, 1.807) is 0 Å². The number of nitrogens with two attached hydrogens (primary N) is 2. The lowest BCUT2D eigenvalue weighted by Crippen LogP contribution is -2.62. The third-order valence-corrected chi connectivity index (χ3v) is 8.29. The smallest absolute Gasteiger partial charge is 0.306 e. The van der Waals surface area contributed by atoms with Crippen LogP contribution in [0.1, 0.15) is 58.4 Å². The molecule has 1 aromatic rings. The van der Waals surface area contributed by atoms with Gasteiger partial charge in [0, 0.05) is 16.8 Å². The van der Waals surface area contributed by atoms with E-state index in [9.17, 15) is 14.4 Å². The van der Waals surface area contributed by atoms with Crippen LogP contribution in [0.2, 0.25) is 0 Å². The summed E-state index contributed by atoms with van der Waals surface area (Å²) in [4.78, 5) is 39.1. The second-order valence-corrected chi connectivity index (χ2v) is 11.4. The Bertz CT molecular complexity index is 992. The van der Waals surface area contributed by atoms with E-state index in [0.717, 1.165) is 17.3 Å². The Morgan fingerprint density at radius 3 is 2.12 bits per heavy atom. The van der Waals surface area contributed by atoms with Crippen molar-refractivity contribution < 1.29 is 19.1 Å². The third kappa shape index (κ3) is 3.07. The van der Waals surface area contributed by atoms with Crippen LogP contribution in [-0.4, -0.2) is 23.4 Å². The number of hydrogen-bond acceptors (Lipinski definition) is 4. The summed E-state index contributed by atoms with van der Waals surface area (Å²) in [5, 5.41) is 0. The van der Waals surface area contributed by atoms with Crippen LogP contribution < -0.4 is 11.5 Å². The first kappa shape index (κ1) is 23.0. The maximum Gasteiger partial charge on any atom is 0.306 e. The highest BCUT2D eigenvalue weighted by atomic mass is 79.9. The first-order valence-corrected chi connectivity index (χ1v) is 12.0. The van der Waals surface area contributed by atoms with Crippen LogP contribution >= 0.6 is 15.9 Å². The molecule has 4 N–H and O–H groups in total. The molecule has 7 heteroatoms. The average Bonchev–Trinajstić information content (AvgIpc) is 3.34. The molecule has 0 saturated heterocycles. The van der Waals surface area contributed by atoms with Crippen molar-refractivity contribution in [3.8, 4) is 0 Å². The zero-order chi connectivity index (χ0) is 23.5. The summed E-state index contributed by atoms with van der Waals surface area (Å²) in [6, 6.07) is 7.46. The molecule has 0 aliphatic heterocycles. The van der Waals surface area contributed by atoms with Gasteiger partial charge in [0.05, 0.1) is 10.8 Å². The van der Waals surface area contributed by atoms with Gasteiger partial charge in [0.15, 0.2) is 0 Å². The van der Waals surface area contributed by atoms with Crippen molar-refractivity contribution >= 4 is 33.7 Å². The fourth-order valence-corrected chi connectivity index (χ4v) is 6.98. The van der Waals surface area contributed by atoms with Gasteiger partial charge in [-0.25, -0.2) is 0 Å². The standard InChI is InChI=1S/C25H31BrN2O4/c1-22(2,3)32-19(29)5-4-12-24(20(27)30)17-10-11-18(23(17)13-14-23)25(24,21(28)31)15-6-8-16(26)9-7-15/h6-11,17-18H,4-5,12-14H2,1-3H3,(H2,27,30)(H2,28,31)/t17-,18+,24+,25-/m1/s1. The van der Waals surface area contributed by atoms with Crippen molar-refractivity contribution in [2.45, 2.75) is 63.9 Å². The number of rotatable bonds is 7. The molecule has 2 fully saturated rings. The van der Waals surface area contributed by atoms with Gasteiger partial charge in [-0.2, -0.15) is 0 Å². The summed E-state index contributed by atoms with van der Waals surface area (Å²) in [6.45, 7) is 5.46. The minimum atomic E-state index is -1.25. The third-order valence-electron chi connectivity index (χ3n) is 7.76. The quantitative estimate of drug-likeness (QED) is 0.436. The maximum absolute atomic E-state index is 13.4. The van der Waals surface area contributed by atoms with Gasteiger partial charge in [0.2, 0.25) is 11.8 Å². The minimum Gasteiger partial charge on any atom is -0.460 e. The number of halogens is 1. The van der Waals surface area contributed by atoms with Crippen molar-refractivity contribution in [2.24, 2.45) is 34.1 Å². The van der Waals surface area contributed by atoms with Crippen LogP contribution in [0.25, 0.3) is 0 Å². The van der Waals surface area contributed by atoms with E-state index in [4.69, 9.17) is 16.2 Å². The van der Waals surface area contributed by atoms with Crippen LogP contribution in [-0.2, 0) is 24.5 Å². The molecular weight excluding hydrogens is 472 g/mol. The van der Waals surface area contributed by atoms with Crippen LogP contribution in [0.5, 0.6) is 0 Å². The molecule has 3 aliphatic rings. The first-order chi connectivity index (χ1) is 14.9. The predicted octanol–water partition coefficient (Wildman–Crippen LogP) is 3.75. The van der Waals surface area contributed by atoms with Crippen LogP contribution in [0.4, 0.5) is 0 Å². The molecule has 2 bridgehead atoms. The second-order valence-electron chi connectivity index (χ2n) is 10.5. The van der Waals surface area contributed by atoms with E-state index in [2.05, 4.69) is 28.1 Å². The lowest BCUT2D eigenvalue weighted by Gasteiger charge is -2.48. The molecule has 4 atom stereocenters. The second kappa shape index (κ2) is 7.44. The summed E-state index contributed by atoms with van der Waals surface area (Å²) >= 11 is 3.45. The molecule has 0 aromatic heterocycles. The predicted molar refractivity (Wildman–Crippen MR) is 124 cm³/mol. The van der Waals surface area contributed by atoms with Gasteiger partial charge in [-0.1, -0.05) is 40.2 Å². The lowest BCUT2D eigenvalue weighted by atomic mass is 9.52. The van der Waals surface area contributed by atoms with Crippen molar-refractivity contribution in [1.82, 2.24) is 0 Å². The van der Waals surface area contributed by atoms with Gasteiger partial charge in [-0.3, -0.25) is 14.4 Å². The summed E-state index contributed by atoms with van der Waals surface area (Å²) < 4.78 is 6.31. The van der Waals surface area contributed by atoms with Gasteiger partial charge in [-0.15, -0.1) is 0 Å². The van der Waals surface area contributed by atoms with E-state index in [0.29, 0.717) is 18.4 Å². The number of carbonyl (C=O) groups excluding carboxylic acids is 3. The normalized spacial score (nSPS) is 31.6. The number of amides is 2. The van der Waals surface area contributed by atoms with Gasteiger partial charge < -0.3 is 16.2 Å². The number of esters is 1. The van der Waals surface area contributed by atoms with Crippen LogP contribution in [0, 0.1) is 22.7 Å². The molecule has 2 amide bonds. The molecule has 1 aromatic carbocycles. The highest BCUT2D eigenvalue weighted by molar-refractivity contribution is 9.10. The van der Waals surface area contributed by atoms with E-state index < -0.39 is 28.2 Å². The average molecular weight is 503 g/mol. The molecule has 32 heavy (non-hydrogen) atoms. The van der Waals surface area contributed by atoms with Gasteiger partial charge >= 0.3 is 5.97 Å². The summed E-state index contributed by atoms with van der Waals surface area (Å²) in [5.74, 6) is -1.74. The van der Waals surface area contributed by atoms with Gasteiger partial charge in [0.25, 0.3) is 0 Å². The number of benzene rings is 1. The van der Waals surface area contributed by atoms with Gasteiger partial charge in [-0.05, 0) is 75.5 Å². The van der Waals surface area contributed by atoms with Gasteiger partial charge in [0.1, 0.15) is 5.60 Å². The van der Waals surface area contributed by atoms with Crippen molar-refractivity contribution in [3.63, 3.8) is 0 Å². The number of hydrogen-bond donors (Lipinski definition) is 2. The van der Waals surface area contributed by atoms with Crippen molar-refractivity contribution in [3.05, 3.63) is 46.5 Å².